The Morgan fingerprint density at radius 2 is 2.30 bits per heavy atom. The Labute approximate surface area is 119 Å². The minimum atomic E-state index is 0.411. The molecule has 0 radical (unpaired) electrons. The molecule has 0 bridgehead atoms. The van der Waals surface area contributed by atoms with Crippen molar-refractivity contribution in [1.29, 1.82) is 0 Å². The number of hydrogen-bond donors (Lipinski definition) is 1. The number of aromatic nitrogens is 4. The second-order valence-electron chi connectivity index (χ2n) is 5.36. The van der Waals surface area contributed by atoms with Gasteiger partial charge in [0.25, 0.3) is 0 Å². The molecule has 2 aromatic heterocycles. The van der Waals surface area contributed by atoms with Crippen LogP contribution in [0.25, 0.3) is 11.6 Å². The standard InChI is InChI=1S/C15H21N5/c1-3-7-16-12-5-4-6-13-11(12)10-18-14(19-13)15-17-8-9-20(15)2/h8-10,12,16H,3-7H2,1-2H3. The molecule has 2 heterocycles. The van der Waals surface area contributed by atoms with Crippen LogP contribution in [0.5, 0.6) is 0 Å². The van der Waals surface area contributed by atoms with Gasteiger partial charge in [0.1, 0.15) is 0 Å². The van der Waals surface area contributed by atoms with Gasteiger partial charge in [-0.2, -0.15) is 0 Å². The zero-order valence-corrected chi connectivity index (χ0v) is 12.1. The summed E-state index contributed by atoms with van der Waals surface area (Å²) in [6.45, 7) is 3.24. The van der Waals surface area contributed by atoms with Gasteiger partial charge >= 0.3 is 0 Å². The van der Waals surface area contributed by atoms with Gasteiger partial charge < -0.3 is 9.88 Å². The van der Waals surface area contributed by atoms with Crippen molar-refractivity contribution in [2.24, 2.45) is 7.05 Å². The van der Waals surface area contributed by atoms with Crippen LogP contribution in [0, 0.1) is 0 Å². The molecule has 20 heavy (non-hydrogen) atoms. The molecule has 2 aromatic rings. The summed E-state index contributed by atoms with van der Waals surface area (Å²) >= 11 is 0. The van der Waals surface area contributed by atoms with Gasteiger partial charge in [-0.3, -0.25) is 0 Å². The highest BCUT2D eigenvalue weighted by Crippen LogP contribution is 2.29. The summed E-state index contributed by atoms with van der Waals surface area (Å²) in [4.78, 5) is 13.6. The lowest BCUT2D eigenvalue weighted by atomic mass is 9.92. The van der Waals surface area contributed by atoms with Gasteiger partial charge in [-0.25, -0.2) is 15.0 Å². The van der Waals surface area contributed by atoms with Crippen molar-refractivity contribution < 1.29 is 0 Å². The van der Waals surface area contributed by atoms with Crippen molar-refractivity contribution in [2.75, 3.05) is 6.54 Å². The Kier molecular flexibility index (Phi) is 3.78. The molecule has 0 saturated heterocycles. The number of nitrogens with zero attached hydrogens (tertiary/aromatic N) is 4. The van der Waals surface area contributed by atoms with Gasteiger partial charge in [0.2, 0.25) is 0 Å². The van der Waals surface area contributed by atoms with Crippen LogP contribution >= 0.6 is 0 Å². The predicted octanol–water partition coefficient (Wildman–Crippen LogP) is 2.25. The van der Waals surface area contributed by atoms with E-state index >= 15 is 0 Å². The van der Waals surface area contributed by atoms with E-state index in [1.807, 2.05) is 24.0 Å². The van der Waals surface area contributed by atoms with Gasteiger partial charge in [0, 0.05) is 42.9 Å². The molecule has 5 heteroatoms. The minimum absolute atomic E-state index is 0.411. The van der Waals surface area contributed by atoms with Crippen LogP contribution in [-0.4, -0.2) is 26.1 Å². The van der Waals surface area contributed by atoms with Crippen LogP contribution in [0.4, 0.5) is 0 Å². The highest BCUT2D eigenvalue weighted by molar-refractivity contribution is 5.45. The molecule has 0 aliphatic heterocycles. The molecule has 1 aliphatic carbocycles. The summed E-state index contributed by atoms with van der Waals surface area (Å²) in [5.74, 6) is 1.56. The number of fused-ring (bicyclic) bond motifs is 1. The second-order valence-corrected chi connectivity index (χ2v) is 5.36. The summed E-state index contributed by atoms with van der Waals surface area (Å²) < 4.78 is 1.96. The maximum Gasteiger partial charge on any atom is 0.196 e. The van der Waals surface area contributed by atoms with E-state index in [1.54, 1.807) is 6.20 Å². The summed E-state index contributed by atoms with van der Waals surface area (Å²) in [6.07, 6.45) is 10.2. The topological polar surface area (TPSA) is 55.6 Å². The van der Waals surface area contributed by atoms with E-state index in [2.05, 4.69) is 22.2 Å². The van der Waals surface area contributed by atoms with E-state index in [1.165, 1.54) is 24.1 Å². The number of rotatable bonds is 4. The SMILES string of the molecule is CCCNC1CCCc2nc(-c3nccn3C)ncc21. The Bertz CT molecular complexity index is 590. The number of nitrogens with one attached hydrogen (secondary N) is 1. The molecule has 5 nitrogen and oxygen atoms in total. The Balaban J connectivity index is 1.91. The van der Waals surface area contributed by atoms with Crippen molar-refractivity contribution in [3.05, 3.63) is 29.8 Å². The first-order valence-electron chi connectivity index (χ1n) is 7.36. The lowest BCUT2D eigenvalue weighted by molar-refractivity contribution is 0.453. The molecular weight excluding hydrogens is 250 g/mol. The first kappa shape index (κ1) is 13.2. The second kappa shape index (κ2) is 5.71. The highest BCUT2D eigenvalue weighted by atomic mass is 15.1. The quantitative estimate of drug-likeness (QED) is 0.926. The van der Waals surface area contributed by atoms with Gasteiger partial charge in [-0.15, -0.1) is 0 Å². The molecule has 1 N–H and O–H groups in total. The largest absolute Gasteiger partial charge is 0.331 e. The molecule has 0 fully saturated rings. The van der Waals surface area contributed by atoms with Crippen LogP contribution < -0.4 is 5.32 Å². The third-order valence-electron chi connectivity index (χ3n) is 3.84. The van der Waals surface area contributed by atoms with Crippen molar-refractivity contribution in [2.45, 2.75) is 38.6 Å². The fourth-order valence-electron chi connectivity index (χ4n) is 2.77. The summed E-state index contributed by atoms with van der Waals surface area (Å²) in [5, 5.41) is 3.59. The first-order chi connectivity index (χ1) is 9.79. The van der Waals surface area contributed by atoms with Crippen LogP contribution in [0.15, 0.2) is 18.6 Å². The molecule has 1 aliphatic rings. The van der Waals surface area contributed by atoms with Gasteiger partial charge in [0.05, 0.1) is 0 Å². The van der Waals surface area contributed by atoms with E-state index in [0.717, 1.165) is 31.0 Å². The van der Waals surface area contributed by atoms with Crippen LogP contribution in [-0.2, 0) is 13.5 Å². The normalized spacial score (nSPS) is 18.0. The molecule has 1 atom stereocenters. The Hall–Kier alpha value is -1.75. The highest BCUT2D eigenvalue weighted by Gasteiger charge is 2.22. The fraction of sp³-hybridized carbons (Fsp3) is 0.533. The smallest absolute Gasteiger partial charge is 0.196 e. The van der Waals surface area contributed by atoms with Gasteiger partial charge in [-0.05, 0) is 32.2 Å². The van der Waals surface area contributed by atoms with Crippen molar-refractivity contribution in [1.82, 2.24) is 24.8 Å². The van der Waals surface area contributed by atoms with E-state index in [0.29, 0.717) is 6.04 Å². The number of imidazole rings is 1. The fourth-order valence-corrected chi connectivity index (χ4v) is 2.77. The molecule has 0 saturated carbocycles. The molecule has 0 spiro atoms. The lowest BCUT2D eigenvalue weighted by Gasteiger charge is -2.25. The summed E-state index contributed by atoms with van der Waals surface area (Å²) in [6, 6.07) is 0.411. The van der Waals surface area contributed by atoms with Gasteiger partial charge in [-0.1, -0.05) is 6.92 Å². The Morgan fingerprint density at radius 3 is 3.05 bits per heavy atom. The summed E-state index contributed by atoms with van der Waals surface area (Å²) in [7, 11) is 1.97. The zero-order chi connectivity index (χ0) is 13.9. The van der Waals surface area contributed by atoms with Gasteiger partial charge in [0.15, 0.2) is 11.6 Å². The van der Waals surface area contributed by atoms with E-state index in [4.69, 9.17) is 4.98 Å². The number of hydrogen-bond acceptors (Lipinski definition) is 4. The molecule has 0 amide bonds. The third kappa shape index (κ3) is 2.45. The van der Waals surface area contributed by atoms with Crippen molar-refractivity contribution in [3.63, 3.8) is 0 Å². The summed E-state index contributed by atoms with van der Waals surface area (Å²) in [5.41, 5.74) is 2.44. The first-order valence-corrected chi connectivity index (χ1v) is 7.36. The molecule has 3 rings (SSSR count). The van der Waals surface area contributed by atoms with E-state index < -0.39 is 0 Å². The van der Waals surface area contributed by atoms with Crippen molar-refractivity contribution >= 4 is 0 Å². The average molecular weight is 271 g/mol. The van der Waals surface area contributed by atoms with Crippen LogP contribution in [0.1, 0.15) is 43.5 Å². The molecule has 1 unspecified atom stereocenters. The Morgan fingerprint density at radius 1 is 1.40 bits per heavy atom. The van der Waals surface area contributed by atoms with Crippen LogP contribution in [0.3, 0.4) is 0 Å². The maximum atomic E-state index is 4.74. The predicted molar refractivity (Wildman–Crippen MR) is 78.2 cm³/mol. The minimum Gasteiger partial charge on any atom is -0.331 e. The average Bonchev–Trinajstić information content (AvgIpc) is 2.90. The maximum absolute atomic E-state index is 4.74. The zero-order valence-electron chi connectivity index (χ0n) is 12.1. The lowest BCUT2D eigenvalue weighted by Crippen LogP contribution is -2.26. The van der Waals surface area contributed by atoms with E-state index in [-0.39, 0.29) is 0 Å². The third-order valence-corrected chi connectivity index (χ3v) is 3.84. The number of aryl methyl sites for hydroxylation is 2. The van der Waals surface area contributed by atoms with Crippen molar-refractivity contribution in [3.8, 4) is 11.6 Å². The molecule has 0 aromatic carbocycles. The van der Waals surface area contributed by atoms with E-state index in [9.17, 15) is 0 Å². The molecular formula is C15H21N5. The monoisotopic (exact) mass is 271 g/mol. The molecule has 106 valence electrons. The van der Waals surface area contributed by atoms with Crippen LogP contribution in [0.2, 0.25) is 0 Å².